The molecule has 0 amide bonds. The summed E-state index contributed by atoms with van der Waals surface area (Å²) in [5, 5.41) is 3.40. The van der Waals surface area contributed by atoms with Crippen molar-refractivity contribution in [3.8, 4) is 0 Å². The molecule has 1 heterocycles. The summed E-state index contributed by atoms with van der Waals surface area (Å²) < 4.78 is 5.38. The molecule has 0 unspecified atom stereocenters. The molecule has 0 spiro atoms. The molecule has 1 saturated heterocycles. The molecule has 0 aromatic heterocycles. The van der Waals surface area contributed by atoms with Crippen LogP contribution >= 0.6 is 0 Å². The summed E-state index contributed by atoms with van der Waals surface area (Å²) in [6.07, 6.45) is 3.61. The van der Waals surface area contributed by atoms with Crippen LogP contribution in [0.4, 0.5) is 0 Å². The lowest BCUT2D eigenvalue weighted by molar-refractivity contribution is 0.0566. The molecule has 0 atom stereocenters. The number of likely N-dealkylation sites (N-methyl/N-ethyl adjacent to an activating group) is 1. The van der Waals surface area contributed by atoms with Crippen molar-refractivity contribution in [2.24, 2.45) is 5.92 Å². The van der Waals surface area contributed by atoms with Crippen molar-refractivity contribution >= 4 is 0 Å². The van der Waals surface area contributed by atoms with Gasteiger partial charge >= 0.3 is 0 Å². The van der Waals surface area contributed by atoms with E-state index in [-0.39, 0.29) is 0 Å². The van der Waals surface area contributed by atoms with E-state index in [1.54, 1.807) is 0 Å². The predicted octanol–water partition coefficient (Wildman–Crippen LogP) is 1.90. The Morgan fingerprint density at radius 3 is 2.76 bits per heavy atom. The zero-order valence-electron chi connectivity index (χ0n) is 11.5. The van der Waals surface area contributed by atoms with E-state index in [1.165, 1.54) is 31.4 Å². The SMILES string of the molecule is C=C(CNCCC)CN(C)CC1CCOCC1. The Hall–Kier alpha value is -0.380. The highest BCUT2D eigenvalue weighted by atomic mass is 16.5. The predicted molar refractivity (Wildman–Crippen MR) is 73.3 cm³/mol. The summed E-state index contributed by atoms with van der Waals surface area (Å²) >= 11 is 0. The average Bonchev–Trinajstić information content (AvgIpc) is 2.30. The summed E-state index contributed by atoms with van der Waals surface area (Å²) in [7, 11) is 2.19. The highest BCUT2D eigenvalue weighted by molar-refractivity contribution is 4.99. The average molecular weight is 240 g/mol. The Morgan fingerprint density at radius 1 is 1.41 bits per heavy atom. The van der Waals surface area contributed by atoms with Crippen LogP contribution in [0.3, 0.4) is 0 Å². The van der Waals surface area contributed by atoms with Crippen LogP contribution in [0.5, 0.6) is 0 Å². The second-order valence-electron chi connectivity index (χ2n) is 5.18. The minimum Gasteiger partial charge on any atom is -0.381 e. The van der Waals surface area contributed by atoms with Crippen molar-refractivity contribution in [2.45, 2.75) is 26.2 Å². The zero-order chi connectivity index (χ0) is 12.5. The lowest BCUT2D eigenvalue weighted by Gasteiger charge is -2.27. The maximum Gasteiger partial charge on any atom is 0.0469 e. The van der Waals surface area contributed by atoms with Crippen molar-refractivity contribution in [2.75, 3.05) is 46.4 Å². The number of rotatable bonds is 8. The van der Waals surface area contributed by atoms with Crippen LogP contribution in [0.1, 0.15) is 26.2 Å². The van der Waals surface area contributed by atoms with Gasteiger partial charge in [-0.05, 0) is 44.3 Å². The molecule has 1 aliphatic rings. The van der Waals surface area contributed by atoms with Crippen LogP contribution < -0.4 is 5.32 Å². The van der Waals surface area contributed by atoms with Gasteiger partial charge in [0.15, 0.2) is 0 Å². The van der Waals surface area contributed by atoms with Crippen molar-refractivity contribution < 1.29 is 4.74 Å². The van der Waals surface area contributed by atoms with Gasteiger partial charge in [0.2, 0.25) is 0 Å². The molecular formula is C14H28N2O. The molecule has 1 aliphatic heterocycles. The number of nitrogens with zero attached hydrogens (tertiary/aromatic N) is 1. The lowest BCUT2D eigenvalue weighted by atomic mass is 10.00. The molecule has 0 bridgehead atoms. The zero-order valence-corrected chi connectivity index (χ0v) is 11.5. The molecule has 0 aromatic carbocycles. The standard InChI is InChI=1S/C14H28N2O/c1-4-7-15-10-13(2)11-16(3)12-14-5-8-17-9-6-14/h14-15H,2,4-12H2,1,3H3. The van der Waals surface area contributed by atoms with Crippen LogP contribution in [0.25, 0.3) is 0 Å². The van der Waals surface area contributed by atoms with Crippen molar-refractivity contribution in [3.63, 3.8) is 0 Å². The number of nitrogens with one attached hydrogen (secondary N) is 1. The van der Waals surface area contributed by atoms with Gasteiger partial charge in [-0.25, -0.2) is 0 Å². The van der Waals surface area contributed by atoms with Gasteiger partial charge in [0.05, 0.1) is 0 Å². The largest absolute Gasteiger partial charge is 0.381 e. The van der Waals surface area contributed by atoms with E-state index in [0.29, 0.717) is 0 Å². The van der Waals surface area contributed by atoms with Crippen LogP contribution in [-0.2, 0) is 4.74 Å². The second-order valence-corrected chi connectivity index (χ2v) is 5.18. The molecule has 0 aromatic rings. The van der Waals surface area contributed by atoms with Crippen LogP contribution in [-0.4, -0.2) is 51.3 Å². The van der Waals surface area contributed by atoms with Crippen molar-refractivity contribution in [3.05, 3.63) is 12.2 Å². The van der Waals surface area contributed by atoms with E-state index in [4.69, 9.17) is 4.74 Å². The number of ether oxygens (including phenoxy) is 1. The summed E-state index contributed by atoms with van der Waals surface area (Å²) in [5.74, 6) is 0.810. The molecule has 0 aliphatic carbocycles. The third-order valence-corrected chi connectivity index (χ3v) is 3.21. The Balaban J connectivity index is 2.10. The minimum absolute atomic E-state index is 0.810. The number of hydrogen-bond donors (Lipinski definition) is 1. The Bertz CT molecular complexity index is 212. The molecule has 1 N–H and O–H groups in total. The molecule has 1 rings (SSSR count). The van der Waals surface area contributed by atoms with Crippen molar-refractivity contribution in [1.82, 2.24) is 10.2 Å². The minimum atomic E-state index is 0.810. The molecule has 0 saturated carbocycles. The van der Waals surface area contributed by atoms with Gasteiger partial charge in [0, 0.05) is 32.8 Å². The topological polar surface area (TPSA) is 24.5 Å². The van der Waals surface area contributed by atoms with E-state index in [9.17, 15) is 0 Å². The van der Waals surface area contributed by atoms with E-state index in [2.05, 4.69) is 30.8 Å². The van der Waals surface area contributed by atoms with Crippen LogP contribution in [0.15, 0.2) is 12.2 Å². The molecule has 1 fully saturated rings. The Labute approximate surface area is 106 Å². The summed E-state index contributed by atoms with van der Waals surface area (Å²) in [5.41, 5.74) is 1.29. The van der Waals surface area contributed by atoms with E-state index < -0.39 is 0 Å². The molecule has 17 heavy (non-hydrogen) atoms. The quantitative estimate of drug-likeness (QED) is 0.518. The Kier molecular flexibility index (Phi) is 7.49. The van der Waals surface area contributed by atoms with Gasteiger partial charge < -0.3 is 15.0 Å². The fraction of sp³-hybridized carbons (Fsp3) is 0.857. The lowest BCUT2D eigenvalue weighted by Crippen LogP contribution is -2.32. The normalized spacial score (nSPS) is 17.6. The van der Waals surface area contributed by atoms with Gasteiger partial charge in [-0.2, -0.15) is 0 Å². The Morgan fingerprint density at radius 2 is 2.12 bits per heavy atom. The summed E-state index contributed by atoms with van der Waals surface area (Å²) in [6, 6.07) is 0. The van der Waals surface area contributed by atoms with Gasteiger partial charge in [0.25, 0.3) is 0 Å². The first-order valence-corrected chi connectivity index (χ1v) is 6.86. The van der Waals surface area contributed by atoms with Crippen molar-refractivity contribution in [1.29, 1.82) is 0 Å². The fourth-order valence-corrected chi connectivity index (χ4v) is 2.31. The summed E-state index contributed by atoms with van der Waals surface area (Å²) in [4.78, 5) is 2.39. The van der Waals surface area contributed by atoms with Gasteiger partial charge in [-0.3, -0.25) is 0 Å². The summed E-state index contributed by atoms with van der Waals surface area (Å²) in [6.45, 7) is 12.4. The van der Waals surface area contributed by atoms with E-state index in [0.717, 1.165) is 38.8 Å². The highest BCUT2D eigenvalue weighted by Gasteiger charge is 2.15. The molecular weight excluding hydrogens is 212 g/mol. The van der Waals surface area contributed by atoms with Gasteiger partial charge in [0.1, 0.15) is 0 Å². The monoisotopic (exact) mass is 240 g/mol. The van der Waals surface area contributed by atoms with Crippen LogP contribution in [0.2, 0.25) is 0 Å². The molecule has 3 nitrogen and oxygen atoms in total. The highest BCUT2D eigenvalue weighted by Crippen LogP contribution is 2.15. The maximum absolute atomic E-state index is 5.38. The third-order valence-electron chi connectivity index (χ3n) is 3.21. The molecule has 0 radical (unpaired) electrons. The smallest absolute Gasteiger partial charge is 0.0469 e. The van der Waals surface area contributed by atoms with E-state index in [1.807, 2.05) is 0 Å². The number of hydrogen-bond acceptors (Lipinski definition) is 3. The first-order chi connectivity index (χ1) is 8.22. The third kappa shape index (κ3) is 6.81. The molecule has 3 heteroatoms. The van der Waals surface area contributed by atoms with Gasteiger partial charge in [-0.1, -0.05) is 13.5 Å². The van der Waals surface area contributed by atoms with E-state index >= 15 is 0 Å². The maximum atomic E-state index is 5.38. The van der Waals surface area contributed by atoms with Gasteiger partial charge in [-0.15, -0.1) is 0 Å². The molecule has 100 valence electrons. The first kappa shape index (κ1) is 14.7. The fourth-order valence-electron chi connectivity index (χ4n) is 2.31. The second kappa shape index (κ2) is 8.67. The first-order valence-electron chi connectivity index (χ1n) is 6.86. The van der Waals surface area contributed by atoms with Crippen LogP contribution in [0, 0.1) is 5.92 Å².